The van der Waals surface area contributed by atoms with E-state index in [1.54, 1.807) is 7.05 Å². The van der Waals surface area contributed by atoms with Crippen LogP contribution < -0.4 is 5.32 Å². The van der Waals surface area contributed by atoms with Crippen LogP contribution in [0.25, 0.3) is 11.4 Å². The summed E-state index contributed by atoms with van der Waals surface area (Å²) in [5.74, 6) is 0.924. The number of aromatic nitrogens is 2. The van der Waals surface area contributed by atoms with E-state index in [0.717, 1.165) is 11.5 Å². The number of benzene rings is 1. The van der Waals surface area contributed by atoms with E-state index in [-0.39, 0.29) is 11.2 Å². The molecule has 5 heteroatoms. The zero-order chi connectivity index (χ0) is 14.9. The van der Waals surface area contributed by atoms with Crippen molar-refractivity contribution in [2.24, 2.45) is 0 Å². The van der Waals surface area contributed by atoms with Crippen molar-refractivity contribution in [2.75, 3.05) is 12.4 Å². The van der Waals surface area contributed by atoms with Gasteiger partial charge < -0.3 is 5.32 Å². The largest absolute Gasteiger partial charge is 0.373 e. The molecule has 2 rings (SSSR count). The molecule has 1 heterocycles. The van der Waals surface area contributed by atoms with Gasteiger partial charge in [-0.15, -0.1) is 0 Å². The molecule has 1 aromatic heterocycles. The lowest BCUT2D eigenvalue weighted by molar-refractivity contribution is 0.568. The molecule has 0 aliphatic rings. The van der Waals surface area contributed by atoms with Gasteiger partial charge >= 0.3 is 0 Å². The standard InChI is InChI=1S/C15H17BrFN3/c1-15(2,3)12-8-13(18-4)20-14(19-12)9-5-10(16)7-11(17)6-9/h5-8H,1-4H3,(H,18,19,20). The van der Waals surface area contributed by atoms with Crippen LogP contribution in [0.1, 0.15) is 26.5 Å². The number of hydrogen-bond acceptors (Lipinski definition) is 3. The maximum absolute atomic E-state index is 13.5. The Labute approximate surface area is 126 Å². The van der Waals surface area contributed by atoms with Gasteiger partial charge in [0.25, 0.3) is 0 Å². The Bertz CT molecular complexity index is 615. The van der Waals surface area contributed by atoms with Crippen molar-refractivity contribution in [3.8, 4) is 11.4 Å². The highest BCUT2D eigenvalue weighted by molar-refractivity contribution is 9.10. The topological polar surface area (TPSA) is 37.8 Å². The van der Waals surface area contributed by atoms with E-state index in [1.165, 1.54) is 12.1 Å². The van der Waals surface area contributed by atoms with Crippen molar-refractivity contribution in [1.82, 2.24) is 9.97 Å². The molecule has 0 radical (unpaired) electrons. The van der Waals surface area contributed by atoms with Crippen molar-refractivity contribution in [3.05, 3.63) is 40.2 Å². The molecule has 2 aromatic rings. The van der Waals surface area contributed by atoms with E-state index in [9.17, 15) is 4.39 Å². The normalized spacial score (nSPS) is 11.5. The number of rotatable bonds is 2. The number of anilines is 1. The average Bonchev–Trinajstić information content (AvgIpc) is 2.36. The van der Waals surface area contributed by atoms with Crippen LogP contribution in [0.15, 0.2) is 28.7 Å². The third-order valence-corrected chi connectivity index (χ3v) is 3.33. The van der Waals surface area contributed by atoms with Crippen LogP contribution in [0.3, 0.4) is 0 Å². The zero-order valence-corrected chi connectivity index (χ0v) is 13.5. The third kappa shape index (κ3) is 3.33. The van der Waals surface area contributed by atoms with Crippen LogP contribution in [0.5, 0.6) is 0 Å². The van der Waals surface area contributed by atoms with E-state index in [2.05, 4.69) is 52.0 Å². The first-order valence-corrected chi connectivity index (χ1v) is 7.12. The Kier molecular flexibility index (Phi) is 4.09. The summed E-state index contributed by atoms with van der Waals surface area (Å²) in [6, 6.07) is 6.57. The summed E-state index contributed by atoms with van der Waals surface area (Å²) in [5.41, 5.74) is 1.46. The summed E-state index contributed by atoms with van der Waals surface area (Å²) >= 11 is 3.29. The van der Waals surface area contributed by atoms with Crippen LogP contribution in [-0.4, -0.2) is 17.0 Å². The Morgan fingerprint density at radius 2 is 1.80 bits per heavy atom. The van der Waals surface area contributed by atoms with E-state index in [4.69, 9.17) is 0 Å². The zero-order valence-electron chi connectivity index (χ0n) is 12.0. The minimum atomic E-state index is -0.315. The lowest BCUT2D eigenvalue weighted by atomic mass is 9.92. The maximum atomic E-state index is 13.5. The summed E-state index contributed by atoms with van der Waals surface area (Å²) in [6.07, 6.45) is 0. The number of nitrogens with one attached hydrogen (secondary N) is 1. The second-order valence-electron chi connectivity index (χ2n) is 5.62. The molecule has 20 heavy (non-hydrogen) atoms. The smallest absolute Gasteiger partial charge is 0.161 e. The van der Waals surface area contributed by atoms with Crippen LogP contribution in [0.2, 0.25) is 0 Å². The van der Waals surface area contributed by atoms with Crippen molar-refractivity contribution in [2.45, 2.75) is 26.2 Å². The van der Waals surface area contributed by atoms with E-state index >= 15 is 0 Å². The predicted octanol–water partition coefficient (Wildman–Crippen LogP) is 4.38. The molecule has 106 valence electrons. The molecule has 1 aromatic carbocycles. The molecule has 1 N–H and O–H groups in total. The van der Waals surface area contributed by atoms with Crippen LogP contribution in [0.4, 0.5) is 10.2 Å². The van der Waals surface area contributed by atoms with Gasteiger partial charge in [0.2, 0.25) is 0 Å². The van der Waals surface area contributed by atoms with E-state index < -0.39 is 0 Å². The van der Waals surface area contributed by atoms with Gasteiger partial charge in [0, 0.05) is 28.6 Å². The summed E-state index contributed by atoms with van der Waals surface area (Å²) < 4.78 is 14.2. The minimum absolute atomic E-state index is 0.103. The average molecular weight is 338 g/mol. The first-order valence-electron chi connectivity index (χ1n) is 6.33. The second-order valence-corrected chi connectivity index (χ2v) is 6.54. The molecule has 0 bridgehead atoms. The first kappa shape index (κ1) is 14.9. The van der Waals surface area contributed by atoms with Gasteiger partial charge in [-0.2, -0.15) is 0 Å². The number of nitrogens with zero attached hydrogens (tertiary/aromatic N) is 2. The van der Waals surface area contributed by atoms with E-state index in [1.807, 2.05) is 12.1 Å². The molecule has 0 spiro atoms. The van der Waals surface area contributed by atoms with Crippen molar-refractivity contribution in [1.29, 1.82) is 0 Å². The predicted molar refractivity (Wildman–Crippen MR) is 83.4 cm³/mol. The van der Waals surface area contributed by atoms with Gasteiger partial charge in [-0.3, -0.25) is 0 Å². The fraction of sp³-hybridized carbons (Fsp3) is 0.333. The van der Waals surface area contributed by atoms with Gasteiger partial charge in [0.1, 0.15) is 11.6 Å². The molecule has 3 nitrogen and oxygen atoms in total. The Morgan fingerprint density at radius 1 is 1.10 bits per heavy atom. The molecule has 0 fully saturated rings. The first-order chi connectivity index (χ1) is 9.29. The lowest BCUT2D eigenvalue weighted by Gasteiger charge is -2.19. The van der Waals surface area contributed by atoms with Gasteiger partial charge in [-0.25, -0.2) is 14.4 Å². The quantitative estimate of drug-likeness (QED) is 0.883. The van der Waals surface area contributed by atoms with Gasteiger partial charge in [0.15, 0.2) is 5.82 Å². The Morgan fingerprint density at radius 3 is 2.35 bits per heavy atom. The van der Waals surface area contributed by atoms with Crippen molar-refractivity contribution < 1.29 is 4.39 Å². The second kappa shape index (κ2) is 5.48. The highest BCUT2D eigenvalue weighted by atomic mass is 79.9. The molecule has 0 unspecified atom stereocenters. The number of hydrogen-bond donors (Lipinski definition) is 1. The van der Waals surface area contributed by atoms with Gasteiger partial charge in [-0.1, -0.05) is 36.7 Å². The maximum Gasteiger partial charge on any atom is 0.161 e. The van der Waals surface area contributed by atoms with Crippen LogP contribution in [0, 0.1) is 5.82 Å². The molecule has 0 aliphatic carbocycles. The molecular formula is C15H17BrFN3. The van der Waals surface area contributed by atoms with Gasteiger partial charge in [-0.05, 0) is 18.2 Å². The third-order valence-electron chi connectivity index (χ3n) is 2.87. The van der Waals surface area contributed by atoms with Crippen molar-refractivity contribution >= 4 is 21.7 Å². The Hall–Kier alpha value is -1.49. The molecule has 0 aliphatic heterocycles. The number of halogens is 2. The van der Waals surface area contributed by atoms with Gasteiger partial charge in [0.05, 0.1) is 5.69 Å². The fourth-order valence-corrected chi connectivity index (χ4v) is 2.24. The summed E-state index contributed by atoms with van der Waals surface area (Å²) in [4.78, 5) is 8.97. The highest BCUT2D eigenvalue weighted by Crippen LogP contribution is 2.27. The molecule has 0 atom stereocenters. The SMILES string of the molecule is CNc1cc(C(C)(C)C)nc(-c2cc(F)cc(Br)c2)n1. The molecule has 0 saturated carbocycles. The summed E-state index contributed by atoms with van der Waals surface area (Å²) in [5, 5.41) is 3.02. The van der Waals surface area contributed by atoms with Crippen molar-refractivity contribution in [3.63, 3.8) is 0 Å². The highest BCUT2D eigenvalue weighted by Gasteiger charge is 2.18. The monoisotopic (exact) mass is 337 g/mol. The van der Waals surface area contributed by atoms with Crippen LogP contribution in [-0.2, 0) is 5.41 Å². The Balaban J connectivity index is 2.61. The summed E-state index contributed by atoms with van der Waals surface area (Å²) in [7, 11) is 1.81. The molecule has 0 saturated heterocycles. The fourth-order valence-electron chi connectivity index (χ4n) is 1.77. The summed E-state index contributed by atoms with van der Waals surface area (Å²) in [6.45, 7) is 6.25. The minimum Gasteiger partial charge on any atom is -0.373 e. The lowest BCUT2D eigenvalue weighted by Crippen LogP contribution is -2.15. The molecular weight excluding hydrogens is 321 g/mol. The molecule has 0 amide bonds. The van der Waals surface area contributed by atoms with Crippen LogP contribution >= 0.6 is 15.9 Å². The van der Waals surface area contributed by atoms with E-state index in [0.29, 0.717) is 15.9 Å².